The van der Waals surface area contributed by atoms with E-state index in [2.05, 4.69) is 24.3 Å². The van der Waals surface area contributed by atoms with Gasteiger partial charge in [0.2, 0.25) is 0 Å². The van der Waals surface area contributed by atoms with Crippen molar-refractivity contribution in [1.82, 2.24) is 19.0 Å². The number of nitrogens with one attached hydrogen (secondary N) is 2. The summed E-state index contributed by atoms with van der Waals surface area (Å²) in [6.07, 6.45) is 0. The number of hydrogen-bond acceptors (Lipinski definition) is 7. The maximum absolute atomic E-state index is 12.8. The standard InChI is InChI=1S/C26H24N6O2S2/c1-17-2-4-18(5-3-17)25(34)32-14-12-31(13-15-32)21-9-7-20(8-10-21)27-26(35)28-24(33)19-6-11-22-23(16-19)30-36-29-22/h2-11,16H,12-15H2,1H3,(H2,27,28,33,35). The molecule has 2 N–H and O–H groups in total. The second-order valence-corrected chi connectivity index (χ2v) is 9.50. The zero-order valence-electron chi connectivity index (χ0n) is 19.6. The zero-order valence-corrected chi connectivity index (χ0v) is 21.2. The highest BCUT2D eigenvalue weighted by Gasteiger charge is 2.22. The molecule has 1 aliphatic rings. The quantitative estimate of drug-likeness (QED) is 0.395. The van der Waals surface area contributed by atoms with E-state index in [1.54, 1.807) is 18.2 Å². The predicted octanol–water partition coefficient (Wildman–Crippen LogP) is 4.09. The van der Waals surface area contributed by atoms with Gasteiger partial charge in [0.15, 0.2) is 5.11 Å². The number of carbonyl (C=O) groups is 2. The van der Waals surface area contributed by atoms with E-state index in [4.69, 9.17) is 12.2 Å². The molecular weight excluding hydrogens is 492 g/mol. The average Bonchev–Trinajstić information content (AvgIpc) is 3.37. The SMILES string of the molecule is Cc1ccc(C(=O)N2CCN(c3ccc(NC(=S)NC(=O)c4ccc5nsnc5c4)cc3)CC2)cc1. The van der Waals surface area contributed by atoms with Crippen molar-refractivity contribution in [3.8, 4) is 0 Å². The predicted molar refractivity (Wildman–Crippen MR) is 147 cm³/mol. The number of amides is 2. The summed E-state index contributed by atoms with van der Waals surface area (Å²) in [7, 11) is 0. The minimum atomic E-state index is -0.308. The molecule has 1 fully saturated rings. The molecule has 5 rings (SSSR count). The van der Waals surface area contributed by atoms with Gasteiger partial charge in [-0.2, -0.15) is 8.75 Å². The van der Waals surface area contributed by atoms with Crippen LogP contribution in [0.1, 0.15) is 26.3 Å². The monoisotopic (exact) mass is 516 g/mol. The van der Waals surface area contributed by atoms with E-state index in [-0.39, 0.29) is 16.9 Å². The molecule has 0 saturated carbocycles. The van der Waals surface area contributed by atoms with Crippen molar-refractivity contribution in [2.24, 2.45) is 0 Å². The number of thiocarbonyl (C=S) groups is 1. The number of nitrogens with zero attached hydrogens (tertiary/aromatic N) is 4. The van der Waals surface area contributed by atoms with Crippen molar-refractivity contribution in [3.63, 3.8) is 0 Å². The van der Waals surface area contributed by atoms with Crippen molar-refractivity contribution in [2.75, 3.05) is 36.4 Å². The summed E-state index contributed by atoms with van der Waals surface area (Å²) in [5, 5.41) is 5.97. The number of rotatable bonds is 4. The number of aryl methyl sites for hydroxylation is 1. The Morgan fingerprint density at radius 3 is 2.25 bits per heavy atom. The van der Waals surface area contributed by atoms with E-state index >= 15 is 0 Å². The van der Waals surface area contributed by atoms with Gasteiger partial charge in [-0.3, -0.25) is 14.9 Å². The lowest BCUT2D eigenvalue weighted by Gasteiger charge is -2.36. The largest absolute Gasteiger partial charge is 0.368 e. The average molecular weight is 517 g/mol. The van der Waals surface area contributed by atoms with Gasteiger partial charge in [-0.1, -0.05) is 17.7 Å². The van der Waals surface area contributed by atoms with Crippen LogP contribution in [0.3, 0.4) is 0 Å². The van der Waals surface area contributed by atoms with Crippen LogP contribution in [0.2, 0.25) is 0 Å². The number of fused-ring (bicyclic) bond motifs is 1. The summed E-state index contributed by atoms with van der Waals surface area (Å²) in [6.45, 7) is 4.88. The first-order valence-electron chi connectivity index (χ1n) is 11.5. The molecule has 1 aromatic heterocycles. The van der Waals surface area contributed by atoms with Crippen LogP contribution in [0, 0.1) is 6.92 Å². The zero-order chi connectivity index (χ0) is 25.1. The van der Waals surface area contributed by atoms with Gasteiger partial charge in [0.05, 0.1) is 11.7 Å². The third kappa shape index (κ3) is 5.34. The molecule has 3 aromatic carbocycles. The fourth-order valence-corrected chi connectivity index (χ4v) is 4.79. The van der Waals surface area contributed by atoms with Crippen LogP contribution in [0.5, 0.6) is 0 Å². The Bertz CT molecular complexity index is 1410. The maximum Gasteiger partial charge on any atom is 0.257 e. The number of hydrogen-bond donors (Lipinski definition) is 2. The summed E-state index contributed by atoms with van der Waals surface area (Å²) in [5.74, 6) is -0.231. The van der Waals surface area contributed by atoms with Crippen LogP contribution in [0.25, 0.3) is 11.0 Å². The summed E-state index contributed by atoms with van der Waals surface area (Å²) < 4.78 is 8.31. The first kappa shape index (κ1) is 23.8. The number of piperazine rings is 1. The van der Waals surface area contributed by atoms with Gasteiger partial charge in [-0.25, -0.2) is 0 Å². The summed E-state index contributed by atoms with van der Waals surface area (Å²) in [4.78, 5) is 29.5. The Hall–Kier alpha value is -3.89. The van der Waals surface area contributed by atoms with E-state index in [0.717, 1.165) is 52.8 Å². The molecule has 0 radical (unpaired) electrons. The molecule has 0 atom stereocenters. The van der Waals surface area contributed by atoms with Crippen LogP contribution in [-0.4, -0.2) is 56.8 Å². The van der Waals surface area contributed by atoms with Gasteiger partial charge >= 0.3 is 0 Å². The van der Waals surface area contributed by atoms with Crippen LogP contribution in [-0.2, 0) is 0 Å². The van der Waals surface area contributed by atoms with Crippen molar-refractivity contribution in [2.45, 2.75) is 6.92 Å². The highest BCUT2D eigenvalue weighted by Crippen LogP contribution is 2.21. The third-order valence-corrected chi connectivity index (χ3v) is 6.86. The van der Waals surface area contributed by atoms with E-state index in [9.17, 15) is 9.59 Å². The molecule has 0 aliphatic carbocycles. The molecular formula is C26H24N6O2S2. The number of aromatic nitrogens is 2. The molecule has 2 heterocycles. The maximum atomic E-state index is 12.8. The molecule has 0 spiro atoms. The van der Waals surface area contributed by atoms with E-state index < -0.39 is 0 Å². The number of carbonyl (C=O) groups excluding carboxylic acids is 2. The molecule has 2 amide bonds. The summed E-state index contributed by atoms with van der Waals surface area (Å²) >= 11 is 6.43. The molecule has 4 aromatic rings. The molecule has 8 nitrogen and oxygen atoms in total. The number of anilines is 2. The molecule has 1 aliphatic heterocycles. The van der Waals surface area contributed by atoms with Gasteiger partial charge in [-0.15, -0.1) is 0 Å². The second-order valence-electron chi connectivity index (χ2n) is 8.57. The molecule has 1 saturated heterocycles. The van der Waals surface area contributed by atoms with Crippen molar-refractivity contribution >= 4 is 63.3 Å². The third-order valence-electron chi connectivity index (χ3n) is 6.10. The minimum absolute atomic E-state index is 0.0768. The fraction of sp³-hybridized carbons (Fsp3) is 0.192. The number of benzene rings is 3. The molecule has 182 valence electrons. The molecule has 10 heteroatoms. The Kier molecular flexibility index (Phi) is 6.88. The van der Waals surface area contributed by atoms with Gasteiger partial charge < -0.3 is 15.1 Å². The lowest BCUT2D eigenvalue weighted by atomic mass is 10.1. The first-order valence-corrected chi connectivity index (χ1v) is 12.7. The first-order chi connectivity index (χ1) is 17.5. The van der Waals surface area contributed by atoms with E-state index in [1.165, 1.54) is 0 Å². The highest BCUT2D eigenvalue weighted by atomic mass is 32.1. The van der Waals surface area contributed by atoms with E-state index in [1.807, 2.05) is 60.4 Å². The molecule has 0 bridgehead atoms. The van der Waals surface area contributed by atoms with Crippen molar-refractivity contribution in [1.29, 1.82) is 0 Å². The minimum Gasteiger partial charge on any atom is -0.368 e. The smallest absolute Gasteiger partial charge is 0.257 e. The Labute approximate surface area is 218 Å². The van der Waals surface area contributed by atoms with Crippen LogP contribution >= 0.6 is 23.9 Å². The normalized spacial score (nSPS) is 13.5. The van der Waals surface area contributed by atoms with Crippen LogP contribution in [0.15, 0.2) is 66.7 Å². The lowest BCUT2D eigenvalue weighted by Crippen LogP contribution is -2.48. The summed E-state index contributed by atoms with van der Waals surface area (Å²) in [5.41, 5.74) is 5.63. The van der Waals surface area contributed by atoms with Gasteiger partial charge in [-0.05, 0) is 73.7 Å². The summed E-state index contributed by atoms with van der Waals surface area (Å²) in [6, 6.07) is 20.7. The molecule has 36 heavy (non-hydrogen) atoms. The fourth-order valence-electron chi connectivity index (χ4n) is 4.06. The Balaban J connectivity index is 1.13. The Morgan fingerprint density at radius 2 is 1.53 bits per heavy atom. The highest BCUT2D eigenvalue weighted by molar-refractivity contribution is 7.80. The lowest BCUT2D eigenvalue weighted by molar-refractivity contribution is 0.0746. The van der Waals surface area contributed by atoms with Crippen molar-refractivity contribution < 1.29 is 9.59 Å². The van der Waals surface area contributed by atoms with Gasteiger partial charge in [0.1, 0.15) is 11.0 Å². The van der Waals surface area contributed by atoms with Gasteiger partial charge in [0, 0.05) is 48.7 Å². The van der Waals surface area contributed by atoms with Crippen molar-refractivity contribution in [3.05, 3.63) is 83.4 Å². The second kappa shape index (κ2) is 10.4. The van der Waals surface area contributed by atoms with E-state index in [0.29, 0.717) is 24.2 Å². The topological polar surface area (TPSA) is 90.5 Å². The molecule has 0 unspecified atom stereocenters. The van der Waals surface area contributed by atoms with Crippen LogP contribution < -0.4 is 15.5 Å². The van der Waals surface area contributed by atoms with Gasteiger partial charge in [0.25, 0.3) is 11.8 Å². The Morgan fingerprint density at radius 1 is 0.861 bits per heavy atom. The van der Waals surface area contributed by atoms with Crippen LogP contribution in [0.4, 0.5) is 11.4 Å².